The number of aromatic nitrogens is 1. The first kappa shape index (κ1) is 17.7. The highest BCUT2D eigenvalue weighted by atomic mass is 16.5. The Morgan fingerprint density at radius 3 is 3.04 bits per heavy atom. The predicted octanol–water partition coefficient (Wildman–Crippen LogP) is 2.23. The Hall–Kier alpha value is -2.67. The number of ether oxygens (including phenoxy) is 1. The smallest absolute Gasteiger partial charge is 0.274 e. The number of allylic oxidation sites excluding steroid dienone is 2. The van der Waals surface area contributed by atoms with E-state index >= 15 is 0 Å². The number of nitrogens with one attached hydrogen (secondary N) is 1. The number of hydrogen-bond donors (Lipinski definition) is 2. The van der Waals surface area contributed by atoms with Crippen molar-refractivity contribution in [3.8, 4) is 5.88 Å². The van der Waals surface area contributed by atoms with Gasteiger partial charge in [-0.15, -0.1) is 0 Å². The van der Waals surface area contributed by atoms with Gasteiger partial charge in [-0.25, -0.2) is 10.5 Å². The van der Waals surface area contributed by atoms with Crippen LogP contribution < -0.4 is 15.1 Å². The molecule has 1 aromatic rings. The lowest BCUT2D eigenvalue weighted by atomic mass is 9.63. The van der Waals surface area contributed by atoms with Crippen molar-refractivity contribution in [2.75, 3.05) is 18.6 Å². The Bertz CT molecular complexity index is 834. The van der Waals surface area contributed by atoms with Gasteiger partial charge in [-0.3, -0.25) is 14.8 Å². The summed E-state index contributed by atoms with van der Waals surface area (Å²) in [6.07, 6.45) is 10.6. The molecule has 2 fully saturated rings. The average molecular weight is 369 g/mol. The van der Waals surface area contributed by atoms with Crippen LogP contribution in [0.4, 0.5) is 5.69 Å². The molecule has 4 rings (SSSR count). The number of carbonyl (C=O) groups is 2. The van der Waals surface area contributed by atoms with Gasteiger partial charge in [-0.05, 0) is 49.7 Å². The van der Waals surface area contributed by atoms with Crippen molar-refractivity contribution in [3.63, 3.8) is 0 Å². The van der Waals surface area contributed by atoms with Crippen molar-refractivity contribution in [3.05, 3.63) is 42.1 Å². The number of anilines is 1. The van der Waals surface area contributed by atoms with E-state index in [9.17, 15) is 9.59 Å². The van der Waals surface area contributed by atoms with E-state index in [-0.39, 0.29) is 23.2 Å². The summed E-state index contributed by atoms with van der Waals surface area (Å²) < 4.78 is 5.33. The van der Waals surface area contributed by atoms with Gasteiger partial charge in [-0.1, -0.05) is 18.2 Å². The number of methoxy groups -OCH3 is 1. The lowest BCUT2D eigenvalue weighted by Gasteiger charge is -2.40. The third-order valence-corrected chi connectivity index (χ3v) is 6.16. The summed E-state index contributed by atoms with van der Waals surface area (Å²) in [4.78, 5) is 31.0. The molecule has 0 bridgehead atoms. The van der Waals surface area contributed by atoms with Crippen molar-refractivity contribution in [1.29, 1.82) is 0 Å². The summed E-state index contributed by atoms with van der Waals surface area (Å²) in [6.45, 7) is 0.663. The monoisotopic (exact) mass is 369 g/mol. The van der Waals surface area contributed by atoms with Crippen LogP contribution in [0.15, 0.2) is 42.1 Å². The normalized spacial score (nSPS) is 29.5. The Labute approximate surface area is 157 Å². The summed E-state index contributed by atoms with van der Waals surface area (Å²) in [6, 6.07) is 3.69. The zero-order valence-corrected chi connectivity index (χ0v) is 15.2. The summed E-state index contributed by atoms with van der Waals surface area (Å²) >= 11 is 0. The van der Waals surface area contributed by atoms with Gasteiger partial charge in [-0.2, -0.15) is 0 Å². The number of rotatable bonds is 3. The molecule has 1 spiro atoms. The van der Waals surface area contributed by atoms with E-state index in [0.717, 1.165) is 31.4 Å². The maximum Gasteiger partial charge on any atom is 0.274 e. The first-order valence-electron chi connectivity index (χ1n) is 9.23. The molecule has 1 saturated heterocycles. The van der Waals surface area contributed by atoms with Crippen LogP contribution in [0.2, 0.25) is 0 Å². The second-order valence-electron chi connectivity index (χ2n) is 7.51. The number of fused-ring (bicyclic) bond motifs is 1. The molecule has 0 radical (unpaired) electrons. The topological polar surface area (TPSA) is 91.8 Å². The fourth-order valence-electron chi connectivity index (χ4n) is 4.73. The Kier molecular flexibility index (Phi) is 4.47. The Morgan fingerprint density at radius 1 is 1.41 bits per heavy atom. The molecule has 2 amide bonds. The van der Waals surface area contributed by atoms with Crippen LogP contribution >= 0.6 is 0 Å². The third kappa shape index (κ3) is 2.92. The first-order chi connectivity index (χ1) is 13.1. The Morgan fingerprint density at radius 2 is 2.26 bits per heavy atom. The van der Waals surface area contributed by atoms with Crippen molar-refractivity contribution in [2.45, 2.75) is 25.7 Å². The molecule has 142 valence electrons. The van der Waals surface area contributed by atoms with Crippen LogP contribution in [-0.2, 0) is 9.59 Å². The van der Waals surface area contributed by atoms with Crippen LogP contribution in [0.3, 0.4) is 0 Å². The van der Waals surface area contributed by atoms with Crippen LogP contribution in [-0.4, -0.2) is 35.7 Å². The number of pyridine rings is 1. The quantitative estimate of drug-likeness (QED) is 0.630. The summed E-state index contributed by atoms with van der Waals surface area (Å²) in [5.41, 5.74) is 2.53. The van der Waals surface area contributed by atoms with Gasteiger partial charge < -0.3 is 9.64 Å². The molecule has 3 aliphatic rings. The number of carbonyl (C=O) groups excluding carboxylic acids is 2. The van der Waals surface area contributed by atoms with Gasteiger partial charge in [0.15, 0.2) is 0 Å². The van der Waals surface area contributed by atoms with Gasteiger partial charge in [0.25, 0.3) is 5.91 Å². The number of hydroxylamine groups is 1. The summed E-state index contributed by atoms with van der Waals surface area (Å²) in [5, 5.41) is 8.83. The predicted molar refractivity (Wildman–Crippen MR) is 98.2 cm³/mol. The van der Waals surface area contributed by atoms with E-state index in [2.05, 4.69) is 4.98 Å². The molecule has 2 aliphatic carbocycles. The highest BCUT2D eigenvalue weighted by Gasteiger charge is 2.51. The SMILES string of the molecule is COc1ncccc1N1CC[C@]2(CCC3C=C(C(=O)NO)C=CC3C2)C1=O. The van der Waals surface area contributed by atoms with Gasteiger partial charge >= 0.3 is 0 Å². The Balaban J connectivity index is 1.54. The second-order valence-corrected chi connectivity index (χ2v) is 7.51. The first-order valence-corrected chi connectivity index (χ1v) is 9.23. The van der Waals surface area contributed by atoms with E-state index in [1.807, 2.05) is 24.3 Å². The molecular formula is C20H23N3O4. The molecule has 3 atom stereocenters. The average Bonchev–Trinajstić information content (AvgIpc) is 3.02. The van der Waals surface area contributed by atoms with Crippen LogP contribution in [0.5, 0.6) is 5.88 Å². The molecule has 1 aromatic heterocycles. The molecule has 7 nitrogen and oxygen atoms in total. The maximum absolute atomic E-state index is 13.4. The van der Waals surface area contributed by atoms with Crippen LogP contribution in [0.25, 0.3) is 0 Å². The number of amides is 2. The molecule has 1 saturated carbocycles. The third-order valence-electron chi connectivity index (χ3n) is 6.16. The van der Waals surface area contributed by atoms with Crippen molar-refractivity contribution in [1.82, 2.24) is 10.5 Å². The molecular weight excluding hydrogens is 346 g/mol. The number of nitrogens with zero attached hydrogens (tertiary/aromatic N) is 2. The molecule has 2 N–H and O–H groups in total. The second kappa shape index (κ2) is 6.81. The van der Waals surface area contributed by atoms with E-state index < -0.39 is 5.91 Å². The molecule has 7 heteroatoms. The molecule has 2 heterocycles. The number of hydrogen-bond acceptors (Lipinski definition) is 5. The van der Waals surface area contributed by atoms with Crippen molar-refractivity contribution >= 4 is 17.5 Å². The molecule has 0 aromatic carbocycles. The van der Waals surface area contributed by atoms with Crippen LogP contribution in [0, 0.1) is 17.3 Å². The van der Waals surface area contributed by atoms with Gasteiger partial charge in [0.1, 0.15) is 5.69 Å². The standard InChI is InChI=1S/C20H23N3O4/c1-27-18-16(3-2-9-21-18)23-10-8-20(19(23)25)7-6-13-11-14(17(24)22-26)4-5-15(13)12-20/h2-5,9,11,13,15,26H,6-8,10,12H2,1H3,(H,22,24)/t13?,15?,20-/m0/s1. The van der Waals surface area contributed by atoms with Crippen LogP contribution in [0.1, 0.15) is 25.7 Å². The minimum atomic E-state index is -0.489. The largest absolute Gasteiger partial charge is 0.480 e. The van der Waals surface area contributed by atoms with E-state index in [0.29, 0.717) is 18.0 Å². The molecule has 27 heavy (non-hydrogen) atoms. The fourth-order valence-corrected chi connectivity index (χ4v) is 4.73. The lowest BCUT2D eigenvalue weighted by molar-refractivity contribution is -0.128. The lowest BCUT2D eigenvalue weighted by Crippen LogP contribution is -2.41. The maximum atomic E-state index is 13.4. The van der Waals surface area contributed by atoms with Crippen molar-refractivity contribution < 1.29 is 19.5 Å². The summed E-state index contributed by atoms with van der Waals surface area (Å²) in [5.74, 6) is 0.577. The summed E-state index contributed by atoms with van der Waals surface area (Å²) in [7, 11) is 1.56. The van der Waals surface area contributed by atoms with Gasteiger partial charge in [0.05, 0.1) is 12.5 Å². The minimum absolute atomic E-state index is 0.142. The van der Waals surface area contributed by atoms with E-state index in [1.54, 1.807) is 29.8 Å². The van der Waals surface area contributed by atoms with Gasteiger partial charge in [0.2, 0.25) is 11.8 Å². The van der Waals surface area contributed by atoms with Gasteiger partial charge in [0, 0.05) is 18.3 Å². The molecule has 1 aliphatic heterocycles. The van der Waals surface area contributed by atoms with E-state index in [1.165, 1.54) is 0 Å². The zero-order chi connectivity index (χ0) is 19.0. The zero-order valence-electron chi connectivity index (χ0n) is 15.2. The minimum Gasteiger partial charge on any atom is -0.480 e. The van der Waals surface area contributed by atoms with E-state index in [4.69, 9.17) is 9.94 Å². The van der Waals surface area contributed by atoms with Crippen molar-refractivity contribution in [2.24, 2.45) is 17.3 Å². The fraction of sp³-hybridized carbons (Fsp3) is 0.450. The highest BCUT2D eigenvalue weighted by molar-refractivity contribution is 6.01. The molecule has 2 unspecified atom stereocenters. The highest BCUT2D eigenvalue weighted by Crippen LogP contribution is 2.51.